The standard InChI is InChI=1S/C18H19N3O3/c1-11-9-21(10-14(11)18(23)24)17(22)13-7-8-20-16(15(13)19)12-5-3-2-4-6-12/h2-8,11,14H,9-10,19H2,1H3,(H,23,24)/t11-,14-/m1/s1. The van der Waals surface area contributed by atoms with Gasteiger partial charge in [-0.2, -0.15) is 0 Å². The number of aliphatic carboxylic acids is 1. The van der Waals surface area contributed by atoms with Crippen molar-refractivity contribution in [3.63, 3.8) is 0 Å². The number of nitrogen functional groups attached to an aromatic ring is 1. The molecule has 124 valence electrons. The van der Waals surface area contributed by atoms with E-state index in [1.807, 2.05) is 37.3 Å². The Morgan fingerprint density at radius 3 is 2.54 bits per heavy atom. The minimum Gasteiger partial charge on any atom is -0.481 e. The Kier molecular flexibility index (Phi) is 4.20. The van der Waals surface area contributed by atoms with Crippen molar-refractivity contribution in [3.8, 4) is 11.3 Å². The van der Waals surface area contributed by atoms with Gasteiger partial charge in [-0.1, -0.05) is 37.3 Å². The normalized spacial score (nSPS) is 20.1. The molecule has 1 aliphatic heterocycles. The van der Waals surface area contributed by atoms with Gasteiger partial charge in [0.25, 0.3) is 5.91 Å². The molecule has 1 amide bonds. The predicted molar refractivity (Wildman–Crippen MR) is 90.3 cm³/mol. The number of nitrogens with two attached hydrogens (primary N) is 1. The van der Waals surface area contributed by atoms with E-state index in [0.29, 0.717) is 23.5 Å². The minimum absolute atomic E-state index is 0.0805. The van der Waals surface area contributed by atoms with Gasteiger partial charge in [-0.3, -0.25) is 14.6 Å². The van der Waals surface area contributed by atoms with Crippen LogP contribution in [0.3, 0.4) is 0 Å². The van der Waals surface area contributed by atoms with Gasteiger partial charge in [0.1, 0.15) is 0 Å². The lowest BCUT2D eigenvalue weighted by atomic mass is 9.99. The van der Waals surface area contributed by atoms with Crippen LogP contribution in [0.5, 0.6) is 0 Å². The summed E-state index contributed by atoms with van der Waals surface area (Å²) in [6.07, 6.45) is 1.56. The molecule has 1 fully saturated rings. The Bertz CT molecular complexity index is 776. The number of benzene rings is 1. The van der Waals surface area contributed by atoms with Crippen molar-refractivity contribution in [1.29, 1.82) is 0 Å². The summed E-state index contributed by atoms with van der Waals surface area (Å²) in [7, 11) is 0. The van der Waals surface area contributed by atoms with Crippen molar-refractivity contribution >= 4 is 17.6 Å². The lowest BCUT2D eigenvalue weighted by Crippen LogP contribution is -2.30. The zero-order valence-corrected chi connectivity index (χ0v) is 13.3. The van der Waals surface area contributed by atoms with E-state index in [2.05, 4.69) is 4.98 Å². The molecular weight excluding hydrogens is 306 g/mol. The number of anilines is 1. The first-order chi connectivity index (χ1) is 11.5. The molecule has 0 radical (unpaired) electrons. The van der Waals surface area contributed by atoms with E-state index >= 15 is 0 Å². The van der Waals surface area contributed by atoms with Crippen LogP contribution in [0.15, 0.2) is 42.6 Å². The number of carbonyl (C=O) groups excluding carboxylic acids is 1. The SMILES string of the molecule is C[C@@H]1CN(C(=O)c2ccnc(-c3ccccc3)c2N)C[C@H]1C(=O)O. The maximum absolute atomic E-state index is 12.8. The fourth-order valence-corrected chi connectivity index (χ4v) is 3.11. The zero-order valence-electron chi connectivity index (χ0n) is 13.3. The third-order valence-corrected chi connectivity index (χ3v) is 4.48. The van der Waals surface area contributed by atoms with Crippen LogP contribution in [-0.4, -0.2) is 40.0 Å². The van der Waals surface area contributed by atoms with Gasteiger partial charge < -0.3 is 15.7 Å². The van der Waals surface area contributed by atoms with E-state index in [1.165, 1.54) is 0 Å². The van der Waals surface area contributed by atoms with Gasteiger partial charge in [-0.05, 0) is 12.0 Å². The molecule has 0 unspecified atom stereocenters. The van der Waals surface area contributed by atoms with Crippen LogP contribution >= 0.6 is 0 Å². The Hall–Kier alpha value is -2.89. The summed E-state index contributed by atoms with van der Waals surface area (Å²) in [5.41, 5.74) is 8.26. The highest BCUT2D eigenvalue weighted by molar-refractivity contribution is 6.02. The Balaban J connectivity index is 1.91. The van der Waals surface area contributed by atoms with E-state index in [-0.39, 0.29) is 18.4 Å². The van der Waals surface area contributed by atoms with Gasteiger partial charge in [-0.15, -0.1) is 0 Å². The Morgan fingerprint density at radius 1 is 1.21 bits per heavy atom. The third-order valence-electron chi connectivity index (χ3n) is 4.48. The summed E-state index contributed by atoms with van der Waals surface area (Å²) >= 11 is 0. The molecule has 3 N–H and O–H groups in total. The first-order valence-electron chi connectivity index (χ1n) is 7.81. The van der Waals surface area contributed by atoms with Crippen molar-refractivity contribution < 1.29 is 14.7 Å². The van der Waals surface area contributed by atoms with Gasteiger partial charge in [-0.25, -0.2) is 0 Å². The maximum Gasteiger partial charge on any atom is 0.308 e. The molecule has 0 bridgehead atoms. The first-order valence-corrected chi connectivity index (χ1v) is 7.81. The second-order valence-electron chi connectivity index (χ2n) is 6.12. The van der Waals surface area contributed by atoms with Crippen molar-refractivity contribution in [2.45, 2.75) is 6.92 Å². The number of hydrogen-bond donors (Lipinski definition) is 2. The second kappa shape index (κ2) is 6.31. The van der Waals surface area contributed by atoms with Gasteiger partial charge >= 0.3 is 5.97 Å². The molecule has 0 saturated carbocycles. The van der Waals surface area contributed by atoms with Gasteiger partial charge in [0.15, 0.2) is 0 Å². The van der Waals surface area contributed by atoms with Crippen molar-refractivity contribution in [2.75, 3.05) is 18.8 Å². The average molecular weight is 325 g/mol. The monoisotopic (exact) mass is 325 g/mol. The van der Waals surface area contributed by atoms with Crippen LogP contribution in [0.2, 0.25) is 0 Å². The van der Waals surface area contributed by atoms with E-state index in [9.17, 15) is 14.7 Å². The van der Waals surface area contributed by atoms with Crippen LogP contribution in [0.25, 0.3) is 11.3 Å². The quantitative estimate of drug-likeness (QED) is 0.901. The van der Waals surface area contributed by atoms with Crippen molar-refractivity contribution in [3.05, 3.63) is 48.2 Å². The molecule has 2 aromatic rings. The summed E-state index contributed by atoms with van der Waals surface area (Å²) in [6, 6.07) is 11.0. The van der Waals surface area contributed by atoms with Crippen LogP contribution < -0.4 is 5.73 Å². The highest BCUT2D eigenvalue weighted by Crippen LogP contribution is 2.29. The second-order valence-corrected chi connectivity index (χ2v) is 6.12. The molecule has 3 rings (SSSR count). The summed E-state index contributed by atoms with van der Waals surface area (Å²) in [5, 5.41) is 9.23. The number of amides is 1. The molecule has 1 saturated heterocycles. The number of carboxylic acids is 1. The predicted octanol–water partition coefficient (Wildman–Crippen LogP) is 2.12. The molecule has 0 aliphatic carbocycles. The number of hydrogen-bond acceptors (Lipinski definition) is 4. The molecule has 1 aromatic heterocycles. The Morgan fingerprint density at radius 2 is 1.92 bits per heavy atom. The van der Waals surface area contributed by atoms with Gasteiger partial charge in [0.05, 0.1) is 22.9 Å². The number of nitrogens with zero attached hydrogens (tertiary/aromatic N) is 2. The number of rotatable bonds is 3. The van der Waals surface area contributed by atoms with E-state index < -0.39 is 11.9 Å². The number of likely N-dealkylation sites (tertiary alicyclic amines) is 1. The molecule has 6 heteroatoms. The molecule has 1 aliphatic rings. The van der Waals surface area contributed by atoms with E-state index in [4.69, 9.17) is 5.73 Å². The Labute approximate surface area is 139 Å². The van der Waals surface area contributed by atoms with Crippen molar-refractivity contribution in [1.82, 2.24) is 9.88 Å². The lowest BCUT2D eigenvalue weighted by Gasteiger charge is -2.18. The number of pyridine rings is 1. The fraction of sp³-hybridized carbons (Fsp3) is 0.278. The topological polar surface area (TPSA) is 96.5 Å². The molecular formula is C18H19N3O3. The molecule has 24 heavy (non-hydrogen) atoms. The summed E-state index contributed by atoms with van der Waals surface area (Å²) in [4.78, 5) is 29.9. The maximum atomic E-state index is 12.8. The number of carboxylic acid groups (broad SMARTS) is 1. The zero-order chi connectivity index (χ0) is 17.3. The number of aromatic nitrogens is 1. The molecule has 2 atom stereocenters. The smallest absolute Gasteiger partial charge is 0.308 e. The highest BCUT2D eigenvalue weighted by atomic mass is 16.4. The van der Waals surface area contributed by atoms with Crippen LogP contribution in [0, 0.1) is 11.8 Å². The van der Waals surface area contributed by atoms with E-state index in [0.717, 1.165) is 5.56 Å². The van der Waals surface area contributed by atoms with Crippen LogP contribution in [-0.2, 0) is 4.79 Å². The highest BCUT2D eigenvalue weighted by Gasteiger charge is 2.37. The third kappa shape index (κ3) is 2.82. The van der Waals surface area contributed by atoms with Crippen LogP contribution in [0.1, 0.15) is 17.3 Å². The molecule has 2 heterocycles. The summed E-state index contributed by atoms with van der Waals surface area (Å²) in [5.74, 6) is -1.73. The van der Waals surface area contributed by atoms with Gasteiger partial charge in [0.2, 0.25) is 0 Å². The molecule has 1 aromatic carbocycles. The summed E-state index contributed by atoms with van der Waals surface area (Å²) in [6.45, 7) is 2.47. The molecule has 0 spiro atoms. The average Bonchev–Trinajstić information content (AvgIpc) is 2.97. The summed E-state index contributed by atoms with van der Waals surface area (Å²) < 4.78 is 0. The van der Waals surface area contributed by atoms with E-state index in [1.54, 1.807) is 17.2 Å². The van der Waals surface area contributed by atoms with Crippen molar-refractivity contribution in [2.24, 2.45) is 11.8 Å². The lowest BCUT2D eigenvalue weighted by molar-refractivity contribution is -0.142. The minimum atomic E-state index is -0.870. The van der Waals surface area contributed by atoms with Crippen LogP contribution in [0.4, 0.5) is 5.69 Å². The number of carbonyl (C=O) groups is 2. The fourth-order valence-electron chi connectivity index (χ4n) is 3.11. The molecule has 6 nitrogen and oxygen atoms in total. The first kappa shape index (κ1) is 16.0. The largest absolute Gasteiger partial charge is 0.481 e. The van der Waals surface area contributed by atoms with Gasteiger partial charge in [0, 0.05) is 24.8 Å².